The number of piperidine rings is 1. The minimum atomic E-state index is -0.192. The first-order chi connectivity index (χ1) is 12.7. The molecule has 0 radical (unpaired) electrons. The number of hydrogen-bond acceptors (Lipinski definition) is 2. The van der Waals surface area contributed by atoms with Crippen molar-refractivity contribution in [2.75, 3.05) is 7.11 Å². The van der Waals surface area contributed by atoms with Gasteiger partial charge >= 0.3 is 0 Å². The number of benzene rings is 2. The molecule has 2 nitrogen and oxygen atoms in total. The standard InChI is InChI=1S/C23H26FNO/c1-26-23-11-10-20(24)15-19(23)12-18-13-21-8-5-9-22(14-18)25(21)16-17-6-3-2-4-7-17/h2-4,6-7,10-11,13,15,21-22H,5,8-9,12,14,16H2,1H3. The topological polar surface area (TPSA) is 12.5 Å². The van der Waals surface area contributed by atoms with Crippen molar-refractivity contribution in [3.05, 3.63) is 77.1 Å². The maximum atomic E-state index is 13.7. The van der Waals surface area contributed by atoms with Crippen molar-refractivity contribution in [2.45, 2.75) is 50.7 Å². The Balaban J connectivity index is 1.54. The summed E-state index contributed by atoms with van der Waals surface area (Å²) in [6, 6.07) is 16.6. The SMILES string of the molecule is COc1ccc(F)cc1CC1=CC2CCCC(C1)N2Cc1ccccc1. The molecule has 0 aromatic heterocycles. The molecule has 4 rings (SSSR count). The molecule has 0 amide bonds. The van der Waals surface area contributed by atoms with E-state index < -0.39 is 0 Å². The Morgan fingerprint density at radius 2 is 1.96 bits per heavy atom. The minimum Gasteiger partial charge on any atom is -0.496 e. The first kappa shape index (κ1) is 17.3. The smallest absolute Gasteiger partial charge is 0.123 e. The van der Waals surface area contributed by atoms with Crippen LogP contribution in [0.2, 0.25) is 0 Å². The molecule has 1 fully saturated rings. The summed E-state index contributed by atoms with van der Waals surface area (Å²) < 4.78 is 19.1. The average Bonchev–Trinajstić information content (AvgIpc) is 2.63. The maximum Gasteiger partial charge on any atom is 0.123 e. The fourth-order valence-corrected chi connectivity index (χ4v) is 4.51. The lowest BCUT2D eigenvalue weighted by Gasteiger charge is -2.45. The summed E-state index contributed by atoms with van der Waals surface area (Å²) in [7, 11) is 1.66. The van der Waals surface area contributed by atoms with Crippen molar-refractivity contribution in [2.24, 2.45) is 0 Å². The van der Waals surface area contributed by atoms with Gasteiger partial charge in [0.15, 0.2) is 0 Å². The van der Waals surface area contributed by atoms with Crippen LogP contribution in [0.1, 0.15) is 36.8 Å². The Bertz CT molecular complexity index is 786. The second-order valence-electron chi connectivity index (χ2n) is 7.47. The van der Waals surface area contributed by atoms with Gasteiger partial charge in [0.2, 0.25) is 0 Å². The van der Waals surface area contributed by atoms with Crippen LogP contribution in [0, 0.1) is 5.82 Å². The second kappa shape index (κ2) is 7.63. The molecule has 2 atom stereocenters. The molecular formula is C23H26FNO. The largest absolute Gasteiger partial charge is 0.496 e. The zero-order valence-electron chi connectivity index (χ0n) is 15.3. The van der Waals surface area contributed by atoms with Gasteiger partial charge in [0.1, 0.15) is 11.6 Å². The molecule has 26 heavy (non-hydrogen) atoms. The van der Waals surface area contributed by atoms with Gasteiger partial charge in [-0.05, 0) is 49.4 Å². The minimum absolute atomic E-state index is 0.192. The normalized spacial score (nSPS) is 22.8. The van der Waals surface area contributed by atoms with E-state index in [1.54, 1.807) is 19.2 Å². The summed E-state index contributed by atoms with van der Waals surface area (Å²) in [5.74, 6) is 0.590. The summed E-state index contributed by atoms with van der Waals surface area (Å²) >= 11 is 0. The molecule has 0 N–H and O–H groups in total. The summed E-state index contributed by atoms with van der Waals surface area (Å²) in [6.07, 6.45) is 8.06. The van der Waals surface area contributed by atoms with Crippen LogP contribution in [-0.2, 0) is 13.0 Å². The van der Waals surface area contributed by atoms with E-state index in [4.69, 9.17) is 4.74 Å². The summed E-state index contributed by atoms with van der Waals surface area (Å²) in [5, 5.41) is 0. The highest BCUT2D eigenvalue weighted by Gasteiger charge is 2.33. The van der Waals surface area contributed by atoms with Gasteiger partial charge < -0.3 is 4.74 Å². The highest BCUT2D eigenvalue weighted by molar-refractivity contribution is 5.38. The van der Waals surface area contributed by atoms with E-state index >= 15 is 0 Å². The van der Waals surface area contributed by atoms with Crippen molar-refractivity contribution in [1.82, 2.24) is 4.90 Å². The number of halogens is 1. The third kappa shape index (κ3) is 3.68. The fraction of sp³-hybridized carbons (Fsp3) is 0.391. The predicted molar refractivity (Wildman–Crippen MR) is 103 cm³/mol. The van der Waals surface area contributed by atoms with Crippen LogP contribution in [0.4, 0.5) is 4.39 Å². The molecule has 2 aliphatic rings. The third-order valence-corrected chi connectivity index (χ3v) is 5.73. The molecule has 2 bridgehead atoms. The van der Waals surface area contributed by atoms with Gasteiger partial charge in [-0.1, -0.05) is 48.4 Å². The molecule has 0 aliphatic carbocycles. The summed E-state index contributed by atoms with van der Waals surface area (Å²) in [5.41, 5.74) is 3.76. The van der Waals surface area contributed by atoms with Crippen LogP contribution < -0.4 is 4.74 Å². The Kier molecular flexibility index (Phi) is 5.07. The molecule has 2 aromatic rings. The summed E-state index contributed by atoms with van der Waals surface area (Å²) in [4.78, 5) is 2.66. The molecular weight excluding hydrogens is 325 g/mol. The van der Waals surface area contributed by atoms with Gasteiger partial charge in [-0.2, -0.15) is 0 Å². The number of ether oxygens (including phenoxy) is 1. The van der Waals surface area contributed by atoms with Gasteiger partial charge in [0, 0.05) is 24.2 Å². The van der Waals surface area contributed by atoms with Gasteiger partial charge in [0.25, 0.3) is 0 Å². The Hall–Kier alpha value is -2.13. The van der Waals surface area contributed by atoms with E-state index in [9.17, 15) is 4.39 Å². The lowest BCUT2D eigenvalue weighted by Crippen LogP contribution is -2.48. The van der Waals surface area contributed by atoms with E-state index in [2.05, 4.69) is 41.3 Å². The molecule has 2 heterocycles. The van der Waals surface area contributed by atoms with Crippen LogP contribution in [0.5, 0.6) is 5.75 Å². The maximum absolute atomic E-state index is 13.7. The van der Waals surface area contributed by atoms with Crippen molar-refractivity contribution >= 4 is 0 Å². The quantitative estimate of drug-likeness (QED) is 0.693. The highest BCUT2D eigenvalue weighted by atomic mass is 19.1. The van der Waals surface area contributed by atoms with Crippen LogP contribution >= 0.6 is 0 Å². The molecule has 0 spiro atoms. The molecule has 0 saturated carbocycles. The zero-order valence-corrected chi connectivity index (χ0v) is 15.3. The fourth-order valence-electron chi connectivity index (χ4n) is 4.51. The molecule has 3 heteroatoms. The van der Waals surface area contributed by atoms with Crippen molar-refractivity contribution in [3.8, 4) is 5.75 Å². The number of nitrogens with zero attached hydrogens (tertiary/aromatic N) is 1. The number of fused-ring (bicyclic) bond motifs is 2. The third-order valence-electron chi connectivity index (χ3n) is 5.73. The Labute approximate surface area is 155 Å². The predicted octanol–water partition coefficient (Wildman–Crippen LogP) is 5.13. The first-order valence-corrected chi connectivity index (χ1v) is 9.54. The molecule has 2 unspecified atom stereocenters. The van der Waals surface area contributed by atoms with Gasteiger partial charge in [-0.15, -0.1) is 0 Å². The number of methoxy groups -OCH3 is 1. The average molecular weight is 351 g/mol. The molecule has 1 saturated heterocycles. The summed E-state index contributed by atoms with van der Waals surface area (Å²) in [6.45, 7) is 1.02. The Morgan fingerprint density at radius 1 is 1.12 bits per heavy atom. The van der Waals surface area contributed by atoms with E-state index in [-0.39, 0.29) is 5.82 Å². The molecule has 2 aliphatic heterocycles. The van der Waals surface area contributed by atoms with Crippen LogP contribution in [0.15, 0.2) is 60.2 Å². The monoisotopic (exact) mass is 351 g/mol. The second-order valence-corrected chi connectivity index (χ2v) is 7.47. The zero-order chi connectivity index (χ0) is 17.9. The first-order valence-electron chi connectivity index (χ1n) is 9.54. The van der Waals surface area contributed by atoms with Gasteiger partial charge in [0.05, 0.1) is 7.11 Å². The van der Waals surface area contributed by atoms with Crippen LogP contribution in [-0.4, -0.2) is 24.1 Å². The van der Waals surface area contributed by atoms with Crippen molar-refractivity contribution in [3.63, 3.8) is 0 Å². The lowest BCUT2D eigenvalue weighted by molar-refractivity contribution is 0.0880. The van der Waals surface area contributed by atoms with E-state index in [1.165, 1.54) is 36.5 Å². The van der Waals surface area contributed by atoms with E-state index in [0.29, 0.717) is 12.1 Å². The molecule has 2 aromatic carbocycles. The lowest BCUT2D eigenvalue weighted by atomic mass is 9.82. The molecule has 136 valence electrons. The van der Waals surface area contributed by atoms with Gasteiger partial charge in [-0.3, -0.25) is 4.90 Å². The van der Waals surface area contributed by atoms with E-state index in [1.807, 2.05) is 0 Å². The van der Waals surface area contributed by atoms with Crippen LogP contribution in [0.3, 0.4) is 0 Å². The van der Waals surface area contributed by atoms with Gasteiger partial charge in [-0.25, -0.2) is 4.39 Å². The van der Waals surface area contributed by atoms with E-state index in [0.717, 1.165) is 30.7 Å². The Morgan fingerprint density at radius 3 is 2.73 bits per heavy atom. The van der Waals surface area contributed by atoms with Crippen LogP contribution in [0.25, 0.3) is 0 Å². The number of rotatable bonds is 5. The van der Waals surface area contributed by atoms with Crippen molar-refractivity contribution < 1.29 is 9.13 Å². The highest BCUT2D eigenvalue weighted by Crippen LogP contribution is 2.36. The number of hydrogen-bond donors (Lipinski definition) is 0. The van der Waals surface area contributed by atoms with Crippen molar-refractivity contribution in [1.29, 1.82) is 0 Å².